The van der Waals surface area contributed by atoms with Gasteiger partial charge in [-0.25, -0.2) is 0 Å². The first-order chi connectivity index (χ1) is 12.9. The van der Waals surface area contributed by atoms with Crippen LogP contribution >= 0.6 is 23.2 Å². The molecule has 4 nitrogen and oxygen atoms in total. The second-order valence-electron chi connectivity index (χ2n) is 6.16. The van der Waals surface area contributed by atoms with E-state index in [2.05, 4.69) is 4.98 Å². The van der Waals surface area contributed by atoms with Crippen LogP contribution < -0.4 is 10.5 Å². The molecule has 1 amide bonds. The largest absolute Gasteiger partial charge is 0.478 e. The number of pyridine rings is 1. The van der Waals surface area contributed by atoms with Gasteiger partial charge in [-0.3, -0.25) is 9.78 Å². The highest BCUT2D eigenvalue weighted by molar-refractivity contribution is 6.34. The third-order valence-electron chi connectivity index (χ3n) is 4.42. The number of nitrogens with two attached hydrogens (primary N) is 1. The molecule has 0 bridgehead atoms. The van der Waals surface area contributed by atoms with Gasteiger partial charge < -0.3 is 10.5 Å². The van der Waals surface area contributed by atoms with E-state index in [0.717, 1.165) is 16.7 Å². The molecule has 2 aromatic carbocycles. The first-order valence-electron chi connectivity index (χ1n) is 8.31. The van der Waals surface area contributed by atoms with Gasteiger partial charge in [0.15, 0.2) is 6.10 Å². The maximum Gasteiger partial charge on any atom is 0.250 e. The average molecular weight is 401 g/mol. The quantitative estimate of drug-likeness (QED) is 0.633. The van der Waals surface area contributed by atoms with Crippen molar-refractivity contribution in [2.24, 2.45) is 5.73 Å². The third-order valence-corrected chi connectivity index (χ3v) is 4.97. The summed E-state index contributed by atoms with van der Waals surface area (Å²) < 4.78 is 6.24. The molecule has 138 valence electrons. The van der Waals surface area contributed by atoms with Crippen LogP contribution in [-0.4, -0.2) is 10.9 Å². The molecule has 0 radical (unpaired) electrons. The van der Waals surface area contributed by atoms with Crippen LogP contribution in [0.1, 0.15) is 38.8 Å². The van der Waals surface area contributed by atoms with Crippen LogP contribution in [0.2, 0.25) is 10.0 Å². The van der Waals surface area contributed by atoms with Gasteiger partial charge in [0.05, 0.1) is 16.3 Å². The van der Waals surface area contributed by atoms with Gasteiger partial charge >= 0.3 is 0 Å². The molecule has 0 spiro atoms. The normalized spacial score (nSPS) is 11.9. The SMILES string of the molecule is Cc1cccc(C(Oc2cc(Cl)ccc2Cl)c2ncccc2C(N)=O)c1C. The maximum absolute atomic E-state index is 12.0. The van der Waals surface area contributed by atoms with E-state index in [1.807, 2.05) is 32.0 Å². The van der Waals surface area contributed by atoms with Crippen molar-refractivity contribution in [1.82, 2.24) is 4.98 Å². The highest BCUT2D eigenvalue weighted by Crippen LogP contribution is 2.36. The summed E-state index contributed by atoms with van der Waals surface area (Å²) in [6.07, 6.45) is 0.924. The number of carbonyl (C=O) groups excluding carboxylic acids is 1. The second kappa shape index (κ2) is 7.99. The van der Waals surface area contributed by atoms with E-state index in [-0.39, 0.29) is 0 Å². The summed E-state index contributed by atoms with van der Waals surface area (Å²) in [5, 5.41) is 0.900. The Morgan fingerprint density at radius 2 is 1.89 bits per heavy atom. The lowest BCUT2D eigenvalue weighted by molar-refractivity contribution is 0.0995. The van der Waals surface area contributed by atoms with E-state index in [4.69, 9.17) is 33.7 Å². The molecule has 0 aliphatic carbocycles. The number of nitrogens with zero attached hydrogens (tertiary/aromatic N) is 1. The number of halogens is 2. The van der Waals surface area contributed by atoms with Gasteiger partial charge in [0.25, 0.3) is 5.91 Å². The Bertz CT molecular complexity index is 1010. The lowest BCUT2D eigenvalue weighted by Gasteiger charge is -2.23. The number of hydrogen-bond donors (Lipinski definition) is 1. The number of aromatic nitrogens is 1. The number of hydrogen-bond acceptors (Lipinski definition) is 3. The van der Waals surface area contributed by atoms with Gasteiger partial charge in [-0.05, 0) is 49.2 Å². The number of benzene rings is 2. The Balaban J connectivity index is 2.20. The minimum Gasteiger partial charge on any atom is -0.478 e. The Kier molecular flexibility index (Phi) is 5.68. The molecular formula is C21H18Cl2N2O2. The van der Waals surface area contributed by atoms with Crippen molar-refractivity contribution >= 4 is 29.1 Å². The topological polar surface area (TPSA) is 65.2 Å². The number of aryl methyl sites for hydroxylation is 1. The zero-order valence-corrected chi connectivity index (χ0v) is 16.4. The second-order valence-corrected chi connectivity index (χ2v) is 7.01. The standard InChI is InChI=1S/C21H18Cl2N2O2/c1-12-5-3-6-15(13(12)2)20(19-16(21(24)26)7-4-10-25-19)27-18-11-14(22)8-9-17(18)23/h3-11,20H,1-2H3,(H2,24,26). The van der Waals surface area contributed by atoms with Crippen molar-refractivity contribution in [2.75, 3.05) is 0 Å². The highest BCUT2D eigenvalue weighted by atomic mass is 35.5. The minimum atomic E-state index is -0.676. The monoisotopic (exact) mass is 400 g/mol. The van der Waals surface area contributed by atoms with Crippen LogP contribution in [0.25, 0.3) is 0 Å². The van der Waals surface area contributed by atoms with Gasteiger partial charge in [0.1, 0.15) is 5.75 Å². The van der Waals surface area contributed by atoms with Crippen molar-refractivity contribution < 1.29 is 9.53 Å². The molecule has 3 aromatic rings. The summed E-state index contributed by atoms with van der Waals surface area (Å²) >= 11 is 12.4. The zero-order valence-electron chi connectivity index (χ0n) is 14.9. The molecule has 1 unspecified atom stereocenters. The number of carbonyl (C=O) groups is 1. The summed E-state index contributed by atoms with van der Waals surface area (Å²) in [7, 11) is 0. The van der Waals surface area contributed by atoms with E-state index < -0.39 is 12.0 Å². The first-order valence-corrected chi connectivity index (χ1v) is 9.06. The van der Waals surface area contributed by atoms with E-state index in [9.17, 15) is 4.79 Å². The Morgan fingerprint density at radius 1 is 1.11 bits per heavy atom. The molecule has 0 saturated heterocycles. The fourth-order valence-electron chi connectivity index (χ4n) is 2.85. The summed E-state index contributed by atoms with van der Waals surface area (Å²) in [5.74, 6) is -0.176. The van der Waals surface area contributed by atoms with Gasteiger partial charge in [-0.1, -0.05) is 41.4 Å². The van der Waals surface area contributed by atoms with Gasteiger partial charge in [0, 0.05) is 22.8 Å². The lowest BCUT2D eigenvalue weighted by Crippen LogP contribution is -2.21. The third kappa shape index (κ3) is 4.07. The van der Waals surface area contributed by atoms with E-state index in [0.29, 0.717) is 27.1 Å². The van der Waals surface area contributed by atoms with E-state index >= 15 is 0 Å². The number of rotatable bonds is 5. The van der Waals surface area contributed by atoms with Crippen molar-refractivity contribution in [1.29, 1.82) is 0 Å². The maximum atomic E-state index is 12.0. The predicted molar refractivity (Wildman–Crippen MR) is 108 cm³/mol. The molecular weight excluding hydrogens is 383 g/mol. The van der Waals surface area contributed by atoms with Crippen LogP contribution in [0.5, 0.6) is 5.75 Å². The summed E-state index contributed by atoms with van der Waals surface area (Å²) in [6.45, 7) is 4.00. The highest BCUT2D eigenvalue weighted by Gasteiger charge is 2.26. The fraction of sp³-hybridized carbons (Fsp3) is 0.143. The van der Waals surface area contributed by atoms with Crippen LogP contribution in [0, 0.1) is 13.8 Å². The molecule has 1 heterocycles. The molecule has 1 atom stereocenters. The summed E-state index contributed by atoms with van der Waals surface area (Å²) in [5.41, 5.74) is 9.27. The first kappa shape index (κ1) is 19.2. The smallest absolute Gasteiger partial charge is 0.250 e. The zero-order chi connectivity index (χ0) is 19.6. The summed E-state index contributed by atoms with van der Waals surface area (Å²) in [6, 6.07) is 14.1. The number of amides is 1. The molecule has 6 heteroatoms. The van der Waals surface area contributed by atoms with Crippen molar-refractivity contribution in [3.63, 3.8) is 0 Å². The summed E-state index contributed by atoms with van der Waals surface area (Å²) in [4.78, 5) is 16.4. The Hall–Kier alpha value is -2.56. The minimum absolute atomic E-state index is 0.293. The molecule has 0 aliphatic heterocycles. The van der Waals surface area contributed by atoms with Crippen LogP contribution in [0.15, 0.2) is 54.7 Å². The molecule has 0 saturated carbocycles. The van der Waals surface area contributed by atoms with Crippen LogP contribution in [0.4, 0.5) is 0 Å². The Morgan fingerprint density at radius 3 is 2.63 bits per heavy atom. The Labute approximate surface area is 167 Å². The van der Waals surface area contributed by atoms with E-state index in [1.54, 1.807) is 36.5 Å². The molecule has 27 heavy (non-hydrogen) atoms. The molecule has 3 rings (SSSR count). The fourth-order valence-corrected chi connectivity index (χ4v) is 3.18. The van der Waals surface area contributed by atoms with Crippen LogP contribution in [-0.2, 0) is 0 Å². The van der Waals surface area contributed by atoms with E-state index in [1.165, 1.54) is 0 Å². The van der Waals surface area contributed by atoms with Crippen molar-refractivity contribution in [3.05, 3.63) is 92.7 Å². The van der Waals surface area contributed by atoms with Gasteiger partial charge in [-0.2, -0.15) is 0 Å². The van der Waals surface area contributed by atoms with Crippen LogP contribution in [0.3, 0.4) is 0 Å². The van der Waals surface area contributed by atoms with Gasteiger partial charge in [0.2, 0.25) is 0 Å². The molecule has 1 aromatic heterocycles. The lowest BCUT2D eigenvalue weighted by atomic mass is 9.95. The average Bonchev–Trinajstić information content (AvgIpc) is 2.65. The van der Waals surface area contributed by atoms with Crippen molar-refractivity contribution in [3.8, 4) is 5.75 Å². The molecule has 0 aliphatic rings. The predicted octanol–water partition coefficient (Wildman–Crippen LogP) is 5.27. The number of ether oxygens (including phenoxy) is 1. The molecule has 2 N–H and O–H groups in total. The number of primary amides is 1. The van der Waals surface area contributed by atoms with Crippen molar-refractivity contribution in [2.45, 2.75) is 20.0 Å². The molecule has 0 fully saturated rings. The van der Waals surface area contributed by atoms with Gasteiger partial charge in [-0.15, -0.1) is 0 Å².